The number of sulfone groups is 1. The van der Waals surface area contributed by atoms with Gasteiger partial charge in [0.2, 0.25) is 5.91 Å². The van der Waals surface area contributed by atoms with Crippen molar-refractivity contribution in [3.63, 3.8) is 0 Å². The van der Waals surface area contributed by atoms with Gasteiger partial charge in [-0.15, -0.1) is 24.9 Å². The topological polar surface area (TPSA) is 92.7 Å². The van der Waals surface area contributed by atoms with Gasteiger partial charge >= 0.3 is 6.36 Å². The number of ether oxygens (including phenoxy) is 1. The lowest BCUT2D eigenvalue weighted by atomic mass is 10.1. The zero-order chi connectivity index (χ0) is 26.7. The van der Waals surface area contributed by atoms with Gasteiger partial charge in [0.25, 0.3) is 0 Å². The van der Waals surface area contributed by atoms with Gasteiger partial charge in [-0.05, 0) is 48.9 Å². The molecule has 0 saturated heterocycles. The first-order valence-corrected chi connectivity index (χ1v) is 13.1. The molecule has 0 bridgehead atoms. The largest absolute Gasteiger partial charge is 0.573 e. The minimum absolute atomic E-state index is 0.137. The smallest absolute Gasteiger partial charge is 0.507 e. The van der Waals surface area contributed by atoms with E-state index in [1.807, 2.05) is 0 Å². The number of hydrogen-bond donors (Lipinski definition) is 2. The number of carbonyl (C=O) groups excluding carboxylic acids is 1. The first-order chi connectivity index (χ1) is 16.7. The number of amides is 1. The molecule has 0 spiro atoms. The highest BCUT2D eigenvalue weighted by Gasteiger charge is 2.32. The Kier molecular flexibility index (Phi) is 8.19. The number of halogens is 4. The van der Waals surface area contributed by atoms with Crippen molar-refractivity contribution in [1.82, 2.24) is 0 Å². The molecule has 0 aliphatic heterocycles. The third kappa shape index (κ3) is 7.37. The van der Waals surface area contributed by atoms with Gasteiger partial charge in [0.05, 0.1) is 6.42 Å². The molecule has 192 valence electrons. The predicted molar refractivity (Wildman–Crippen MR) is 127 cm³/mol. The molecule has 2 N–H and O–H groups in total. The SMILES string of the molecule is CC(Sc1ccc(NC(=O)Cc2ccc(O)c(S(C)(=O)=O)c2)cc1F)c1ccccc1OC(F)(F)F. The van der Waals surface area contributed by atoms with Crippen molar-refractivity contribution in [3.8, 4) is 11.5 Å². The Labute approximate surface area is 209 Å². The van der Waals surface area contributed by atoms with Crippen molar-refractivity contribution in [3.05, 3.63) is 77.6 Å². The first kappa shape index (κ1) is 27.3. The van der Waals surface area contributed by atoms with E-state index in [1.54, 1.807) is 13.0 Å². The summed E-state index contributed by atoms with van der Waals surface area (Å²) in [6.45, 7) is 1.61. The molecule has 12 heteroatoms. The van der Waals surface area contributed by atoms with Gasteiger partial charge in [-0.2, -0.15) is 0 Å². The highest BCUT2D eigenvalue weighted by molar-refractivity contribution is 7.99. The molecule has 3 rings (SSSR count). The second kappa shape index (κ2) is 10.8. The summed E-state index contributed by atoms with van der Waals surface area (Å²) >= 11 is 0.983. The molecule has 1 unspecified atom stereocenters. The number of thioether (sulfide) groups is 1. The summed E-state index contributed by atoms with van der Waals surface area (Å²) in [7, 11) is -3.70. The fourth-order valence-electron chi connectivity index (χ4n) is 3.32. The van der Waals surface area contributed by atoms with Crippen LogP contribution in [0.5, 0.6) is 11.5 Å². The summed E-state index contributed by atoms with van der Waals surface area (Å²) in [6, 6.07) is 13.3. The lowest BCUT2D eigenvalue weighted by molar-refractivity contribution is -0.274. The number of carbonyl (C=O) groups is 1. The second-order valence-electron chi connectivity index (χ2n) is 7.79. The maximum Gasteiger partial charge on any atom is 0.573 e. The Balaban J connectivity index is 1.69. The molecule has 6 nitrogen and oxygen atoms in total. The molecule has 0 heterocycles. The van der Waals surface area contributed by atoms with Gasteiger partial charge in [-0.1, -0.05) is 24.3 Å². The summed E-state index contributed by atoms with van der Waals surface area (Å²) in [5, 5.41) is 11.6. The van der Waals surface area contributed by atoms with Crippen LogP contribution in [-0.4, -0.2) is 32.0 Å². The molecule has 36 heavy (non-hydrogen) atoms. The summed E-state index contributed by atoms with van der Waals surface area (Å²) in [5.41, 5.74) is 0.698. The molecular formula is C24H21F4NO5S2. The Bertz CT molecular complexity index is 1380. The number of hydrogen-bond acceptors (Lipinski definition) is 6. The van der Waals surface area contributed by atoms with Crippen molar-refractivity contribution in [2.75, 3.05) is 11.6 Å². The van der Waals surface area contributed by atoms with Crippen LogP contribution in [0.25, 0.3) is 0 Å². The molecule has 0 saturated carbocycles. The van der Waals surface area contributed by atoms with Crippen molar-refractivity contribution in [2.24, 2.45) is 0 Å². The monoisotopic (exact) mass is 543 g/mol. The summed E-state index contributed by atoms with van der Waals surface area (Å²) in [6.07, 6.45) is -4.16. The van der Waals surface area contributed by atoms with Crippen LogP contribution in [0.2, 0.25) is 0 Å². The highest BCUT2D eigenvalue weighted by atomic mass is 32.2. The molecule has 0 aliphatic carbocycles. The minimum atomic E-state index is -4.86. The second-order valence-corrected chi connectivity index (χ2v) is 11.2. The molecule has 1 atom stereocenters. The van der Waals surface area contributed by atoms with E-state index in [4.69, 9.17) is 0 Å². The van der Waals surface area contributed by atoms with Gasteiger partial charge in [-0.25, -0.2) is 12.8 Å². The van der Waals surface area contributed by atoms with Crippen LogP contribution >= 0.6 is 11.8 Å². The van der Waals surface area contributed by atoms with Gasteiger partial charge in [-0.3, -0.25) is 4.79 Å². The van der Waals surface area contributed by atoms with E-state index in [1.165, 1.54) is 48.5 Å². The Morgan fingerprint density at radius 2 is 1.81 bits per heavy atom. The fourth-order valence-corrected chi connectivity index (χ4v) is 5.15. The molecular weight excluding hydrogens is 522 g/mol. The van der Waals surface area contributed by atoms with Crippen LogP contribution in [0.1, 0.15) is 23.3 Å². The van der Waals surface area contributed by atoms with Crippen molar-refractivity contribution in [1.29, 1.82) is 0 Å². The molecule has 0 fully saturated rings. The van der Waals surface area contributed by atoms with E-state index in [9.17, 15) is 35.9 Å². The van der Waals surface area contributed by atoms with Gasteiger partial charge in [0, 0.05) is 27.7 Å². The maximum atomic E-state index is 14.7. The number of nitrogens with one attached hydrogen (secondary N) is 1. The van der Waals surface area contributed by atoms with Crippen molar-refractivity contribution >= 4 is 33.2 Å². The van der Waals surface area contributed by atoms with Gasteiger partial charge in [0.1, 0.15) is 22.2 Å². The first-order valence-electron chi connectivity index (χ1n) is 10.4. The Morgan fingerprint density at radius 1 is 1.11 bits per heavy atom. The summed E-state index contributed by atoms with van der Waals surface area (Å²) < 4.78 is 80.3. The van der Waals surface area contributed by atoms with E-state index >= 15 is 0 Å². The molecule has 0 aliphatic rings. The number of rotatable bonds is 8. The zero-order valence-corrected chi connectivity index (χ0v) is 20.6. The summed E-state index contributed by atoms with van der Waals surface area (Å²) in [5.74, 6) is -2.05. The van der Waals surface area contributed by atoms with Gasteiger partial charge in [0.15, 0.2) is 9.84 Å². The zero-order valence-electron chi connectivity index (χ0n) is 19.0. The number of aromatic hydroxyl groups is 1. The lowest BCUT2D eigenvalue weighted by Gasteiger charge is -2.18. The number of alkyl halides is 3. The van der Waals surface area contributed by atoms with Crippen LogP contribution in [0.4, 0.5) is 23.2 Å². The van der Waals surface area contributed by atoms with Crippen LogP contribution in [-0.2, 0) is 21.1 Å². The van der Waals surface area contributed by atoms with E-state index < -0.39 is 38.9 Å². The number of benzene rings is 3. The number of para-hydroxylation sites is 1. The predicted octanol–water partition coefficient (Wildman–Crippen LogP) is 5.87. The molecule has 3 aromatic carbocycles. The molecule has 3 aromatic rings. The number of anilines is 1. The normalized spacial score (nSPS) is 12.7. The highest BCUT2D eigenvalue weighted by Crippen LogP contribution is 2.41. The van der Waals surface area contributed by atoms with Crippen LogP contribution in [0.3, 0.4) is 0 Å². The quantitative estimate of drug-likeness (QED) is 0.273. The third-order valence-electron chi connectivity index (χ3n) is 4.89. The van der Waals surface area contributed by atoms with E-state index in [0.717, 1.165) is 24.1 Å². The fraction of sp³-hybridized carbons (Fsp3) is 0.208. The molecule has 0 radical (unpaired) electrons. The van der Waals surface area contributed by atoms with Crippen molar-refractivity contribution in [2.45, 2.75) is 34.7 Å². The number of phenols is 1. The molecule has 0 aromatic heterocycles. The summed E-state index contributed by atoms with van der Waals surface area (Å²) in [4.78, 5) is 12.2. The minimum Gasteiger partial charge on any atom is -0.507 e. The van der Waals surface area contributed by atoms with Crippen LogP contribution in [0.15, 0.2) is 70.5 Å². The Morgan fingerprint density at radius 3 is 2.44 bits per heavy atom. The van der Waals surface area contributed by atoms with Crippen LogP contribution in [0, 0.1) is 5.82 Å². The number of phenolic OH excluding ortho intramolecular Hbond substituents is 1. The lowest BCUT2D eigenvalue weighted by Crippen LogP contribution is -2.18. The van der Waals surface area contributed by atoms with Gasteiger partial charge < -0.3 is 15.2 Å². The third-order valence-corrected chi connectivity index (χ3v) is 7.21. The maximum absolute atomic E-state index is 14.7. The average Bonchev–Trinajstić information content (AvgIpc) is 2.75. The van der Waals surface area contributed by atoms with E-state index in [-0.39, 0.29) is 33.2 Å². The standard InChI is InChI=1S/C24H21F4NO5S2/c1-14(17-5-3-4-6-20(17)34-24(26,27)28)35-21-10-8-16(13-18(21)25)29-23(31)12-15-7-9-19(30)22(11-15)36(2,32)33/h3-11,13-14,30H,12H2,1-2H3,(H,29,31). The van der Waals surface area contributed by atoms with Crippen molar-refractivity contribution < 1.29 is 40.6 Å². The van der Waals surface area contributed by atoms with E-state index in [2.05, 4.69) is 10.1 Å². The van der Waals surface area contributed by atoms with Crippen LogP contribution < -0.4 is 10.1 Å². The average molecular weight is 544 g/mol. The molecule has 1 amide bonds. The van der Waals surface area contributed by atoms with E-state index in [0.29, 0.717) is 5.56 Å². The Hall–Kier alpha value is -3.25.